The molecule has 2 aromatic rings. The standard InChI is InChI=1S/C26H24ClF2NO4/c1-2-33-26(32)34-20-13-10-18(11-14-20)15-17-5-3-6-19(12-9-17)23(16-27)30-25(31)24-21(28)7-4-8-22(24)29/h4-14,23H,2-3,15-16H2,1H3,(H,30,31). The van der Waals surface area contributed by atoms with Gasteiger partial charge in [-0.2, -0.15) is 0 Å². The van der Waals surface area contributed by atoms with Gasteiger partial charge in [0.2, 0.25) is 0 Å². The van der Waals surface area contributed by atoms with E-state index >= 15 is 0 Å². The predicted octanol–water partition coefficient (Wildman–Crippen LogP) is 5.89. The number of rotatable bonds is 8. The molecule has 1 amide bonds. The molecular weight excluding hydrogens is 464 g/mol. The van der Waals surface area contributed by atoms with Gasteiger partial charge in [0, 0.05) is 5.88 Å². The third-order valence-electron chi connectivity index (χ3n) is 5.07. The third kappa shape index (κ3) is 6.78. The Morgan fingerprint density at radius 3 is 2.41 bits per heavy atom. The van der Waals surface area contributed by atoms with Crippen molar-refractivity contribution >= 4 is 23.7 Å². The van der Waals surface area contributed by atoms with Gasteiger partial charge in [-0.15, -0.1) is 11.6 Å². The summed E-state index contributed by atoms with van der Waals surface area (Å²) in [7, 11) is 0. The Labute approximate surface area is 201 Å². The van der Waals surface area contributed by atoms with Crippen LogP contribution in [0.3, 0.4) is 0 Å². The molecule has 1 atom stereocenters. The summed E-state index contributed by atoms with van der Waals surface area (Å²) in [5.74, 6) is -2.30. The number of carbonyl (C=O) groups excluding carboxylic acids is 2. The van der Waals surface area contributed by atoms with Crippen LogP contribution in [0.25, 0.3) is 0 Å². The molecule has 3 rings (SSSR count). The van der Waals surface area contributed by atoms with E-state index in [1.54, 1.807) is 19.1 Å². The van der Waals surface area contributed by atoms with Crippen LogP contribution in [-0.2, 0) is 11.2 Å². The summed E-state index contributed by atoms with van der Waals surface area (Å²) < 4.78 is 37.7. The monoisotopic (exact) mass is 487 g/mol. The topological polar surface area (TPSA) is 64.6 Å². The molecule has 1 aliphatic rings. The van der Waals surface area contributed by atoms with Gasteiger partial charge in [-0.1, -0.05) is 42.5 Å². The second kappa shape index (κ2) is 12.1. The van der Waals surface area contributed by atoms with Crippen molar-refractivity contribution in [3.63, 3.8) is 0 Å². The van der Waals surface area contributed by atoms with E-state index in [0.29, 0.717) is 18.6 Å². The van der Waals surface area contributed by atoms with Crippen LogP contribution in [0.1, 0.15) is 29.3 Å². The minimum atomic E-state index is -0.932. The highest BCUT2D eigenvalue weighted by Crippen LogP contribution is 2.21. The van der Waals surface area contributed by atoms with Crippen molar-refractivity contribution in [2.75, 3.05) is 12.5 Å². The molecule has 0 saturated heterocycles. The van der Waals surface area contributed by atoms with Crippen LogP contribution in [0.5, 0.6) is 5.75 Å². The fraction of sp³-hybridized carbons (Fsp3) is 0.231. The maximum Gasteiger partial charge on any atom is 0.513 e. The normalized spacial score (nSPS) is 13.9. The average molecular weight is 488 g/mol. The van der Waals surface area contributed by atoms with Crippen LogP contribution in [0, 0.1) is 11.6 Å². The highest BCUT2D eigenvalue weighted by molar-refractivity contribution is 6.18. The number of halogens is 3. The van der Waals surface area contributed by atoms with Crippen molar-refractivity contribution < 1.29 is 27.8 Å². The lowest BCUT2D eigenvalue weighted by atomic mass is 10.0. The van der Waals surface area contributed by atoms with Crippen molar-refractivity contribution in [2.24, 2.45) is 0 Å². The van der Waals surface area contributed by atoms with E-state index in [1.807, 2.05) is 36.4 Å². The van der Waals surface area contributed by atoms with Crippen molar-refractivity contribution in [3.8, 4) is 5.75 Å². The van der Waals surface area contributed by atoms with Crippen molar-refractivity contribution in [3.05, 3.63) is 101 Å². The van der Waals surface area contributed by atoms with Gasteiger partial charge in [-0.25, -0.2) is 13.6 Å². The quantitative estimate of drug-likeness (QED) is 0.286. The highest BCUT2D eigenvalue weighted by atomic mass is 35.5. The number of amides is 1. The predicted molar refractivity (Wildman–Crippen MR) is 126 cm³/mol. The van der Waals surface area contributed by atoms with Gasteiger partial charge >= 0.3 is 6.16 Å². The fourth-order valence-electron chi connectivity index (χ4n) is 3.39. The molecule has 1 aliphatic carbocycles. The number of benzene rings is 2. The number of alkyl halides is 1. The number of allylic oxidation sites excluding steroid dienone is 4. The van der Waals surface area contributed by atoms with Crippen LogP contribution in [0.2, 0.25) is 0 Å². The molecule has 34 heavy (non-hydrogen) atoms. The smallest absolute Gasteiger partial charge is 0.434 e. The van der Waals surface area contributed by atoms with E-state index in [9.17, 15) is 18.4 Å². The van der Waals surface area contributed by atoms with Crippen LogP contribution in [0.15, 0.2) is 77.9 Å². The van der Waals surface area contributed by atoms with Gasteiger partial charge in [-0.05, 0) is 60.7 Å². The zero-order chi connectivity index (χ0) is 24.5. The number of hydrogen-bond acceptors (Lipinski definition) is 4. The molecule has 0 bridgehead atoms. The summed E-state index contributed by atoms with van der Waals surface area (Å²) in [5, 5.41) is 2.61. The molecule has 8 heteroatoms. The van der Waals surface area contributed by atoms with Gasteiger partial charge in [0.15, 0.2) is 0 Å². The number of nitrogens with one attached hydrogen (secondary N) is 1. The van der Waals surface area contributed by atoms with Gasteiger partial charge < -0.3 is 14.8 Å². The number of carbonyl (C=O) groups is 2. The first-order chi connectivity index (χ1) is 16.4. The van der Waals surface area contributed by atoms with Crippen molar-refractivity contribution in [2.45, 2.75) is 25.8 Å². The Morgan fingerprint density at radius 1 is 1.06 bits per heavy atom. The molecule has 0 spiro atoms. The maximum absolute atomic E-state index is 13.9. The Hall–Kier alpha value is -3.45. The first kappa shape index (κ1) is 25.2. The van der Waals surface area contributed by atoms with Gasteiger partial charge in [-0.3, -0.25) is 4.79 Å². The van der Waals surface area contributed by atoms with Crippen molar-refractivity contribution in [1.82, 2.24) is 5.32 Å². The molecular formula is C26H24ClF2NO4. The minimum absolute atomic E-state index is 0.0370. The Kier molecular flexibility index (Phi) is 8.99. The highest BCUT2D eigenvalue weighted by Gasteiger charge is 2.21. The van der Waals surface area contributed by atoms with Crippen LogP contribution < -0.4 is 10.1 Å². The molecule has 0 saturated carbocycles. The van der Waals surface area contributed by atoms with Crippen LogP contribution in [0.4, 0.5) is 13.6 Å². The SMILES string of the molecule is CCOC(=O)Oc1ccc(CC2=CCC=C(C(CCl)NC(=O)c3c(F)cccc3F)C=C2)cc1. The minimum Gasteiger partial charge on any atom is -0.434 e. The molecule has 1 unspecified atom stereocenters. The molecule has 2 aromatic carbocycles. The van der Waals surface area contributed by atoms with Gasteiger partial charge in [0.25, 0.3) is 5.91 Å². The molecule has 0 fully saturated rings. The summed E-state index contributed by atoms with van der Waals surface area (Å²) in [5.41, 5.74) is 2.15. The Balaban J connectivity index is 1.62. The summed E-state index contributed by atoms with van der Waals surface area (Å²) in [4.78, 5) is 23.9. The van der Waals surface area contributed by atoms with E-state index in [-0.39, 0.29) is 12.5 Å². The Morgan fingerprint density at radius 2 is 1.76 bits per heavy atom. The summed E-state index contributed by atoms with van der Waals surface area (Å²) in [6, 6.07) is 9.74. The average Bonchev–Trinajstić information content (AvgIpc) is 3.04. The molecule has 0 radical (unpaired) electrons. The zero-order valence-corrected chi connectivity index (χ0v) is 19.3. The first-order valence-electron chi connectivity index (χ1n) is 10.7. The second-order valence-electron chi connectivity index (χ2n) is 7.44. The molecule has 0 aliphatic heterocycles. The molecule has 178 valence electrons. The zero-order valence-electron chi connectivity index (χ0n) is 18.5. The largest absolute Gasteiger partial charge is 0.513 e. The second-order valence-corrected chi connectivity index (χ2v) is 7.74. The van der Waals surface area contributed by atoms with Crippen LogP contribution in [-0.4, -0.2) is 30.6 Å². The van der Waals surface area contributed by atoms with Gasteiger partial charge in [0.1, 0.15) is 22.9 Å². The lowest BCUT2D eigenvalue weighted by molar-refractivity contribution is 0.0936. The van der Waals surface area contributed by atoms with Gasteiger partial charge in [0.05, 0.1) is 12.6 Å². The first-order valence-corrected chi connectivity index (χ1v) is 11.3. The van der Waals surface area contributed by atoms with Crippen LogP contribution >= 0.6 is 11.6 Å². The lowest BCUT2D eigenvalue weighted by Crippen LogP contribution is -2.38. The molecule has 5 nitrogen and oxygen atoms in total. The molecule has 0 heterocycles. The summed E-state index contributed by atoms with van der Waals surface area (Å²) >= 11 is 6.06. The molecule has 1 N–H and O–H groups in total. The number of ether oxygens (including phenoxy) is 2. The summed E-state index contributed by atoms with van der Waals surface area (Å²) in [6.07, 6.45) is 8.18. The van der Waals surface area contributed by atoms with E-state index < -0.39 is 35.3 Å². The third-order valence-corrected chi connectivity index (χ3v) is 5.38. The van der Waals surface area contributed by atoms with E-state index in [2.05, 4.69) is 5.32 Å². The Bertz CT molecular complexity index is 1110. The van der Waals surface area contributed by atoms with E-state index in [0.717, 1.165) is 28.8 Å². The maximum atomic E-state index is 13.9. The van der Waals surface area contributed by atoms with E-state index in [1.165, 1.54) is 6.07 Å². The number of hydrogen-bond donors (Lipinski definition) is 1. The lowest BCUT2D eigenvalue weighted by Gasteiger charge is -2.18. The summed E-state index contributed by atoms with van der Waals surface area (Å²) in [6.45, 7) is 1.94. The van der Waals surface area contributed by atoms with Crippen molar-refractivity contribution in [1.29, 1.82) is 0 Å². The van der Waals surface area contributed by atoms with E-state index in [4.69, 9.17) is 21.1 Å². The molecule has 0 aromatic heterocycles. The fourth-order valence-corrected chi connectivity index (χ4v) is 3.64.